The number of aromatic nitrogens is 2. The zero-order valence-electron chi connectivity index (χ0n) is 10.6. The molecular weight excluding hydrogens is 341 g/mol. The molecule has 6 heteroatoms. The van der Waals surface area contributed by atoms with Gasteiger partial charge in [0.2, 0.25) is 0 Å². The van der Waals surface area contributed by atoms with Crippen LogP contribution in [0.3, 0.4) is 0 Å². The number of fused-ring (bicyclic) bond motifs is 1. The van der Waals surface area contributed by atoms with Crippen molar-refractivity contribution in [3.63, 3.8) is 0 Å². The molecule has 0 spiro atoms. The first kappa shape index (κ1) is 13.6. The fourth-order valence-corrected chi connectivity index (χ4v) is 2.26. The van der Waals surface area contributed by atoms with Gasteiger partial charge in [-0.25, -0.2) is 4.98 Å². The van der Waals surface area contributed by atoms with Gasteiger partial charge in [-0.3, -0.25) is 4.99 Å². The maximum Gasteiger partial charge on any atom is 0.191 e. The van der Waals surface area contributed by atoms with Gasteiger partial charge in [-0.1, -0.05) is 0 Å². The first-order valence-electron chi connectivity index (χ1n) is 6.35. The Morgan fingerprint density at radius 3 is 2.83 bits per heavy atom. The molecular formula is C12H20IN5. The number of rotatable bonds is 2. The van der Waals surface area contributed by atoms with E-state index >= 15 is 0 Å². The van der Waals surface area contributed by atoms with E-state index in [1.54, 1.807) is 0 Å². The Hall–Kier alpha value is -0.790. The van der Waals surface area contributed by atoms with Crippen LogP contribution in [0.2, 0.25) is 0 Å². The van der Waals surface area contributed by atoms with Crippen molar-refractivity contribution in [3.8, 4) is 0 Å². The summed E-state index contributed by atoms with van der Waals surface area (Å²) in [5.74, 6) is 2.12. The monoisotopic (exact) mass is 361 g/mol. The number of aliphatic imine (C=N–C) groups is 1. The highest BCUT2D eigenvalue weighted by Gasteiger charge is 2.24. The predicted octanol–water partition coefficient (Wildman–Crippen LogP) is 1.14. The Morgan fingerprint density at radius 2 is 2.11 bits per heavy atom. The molecule has 1 unspecified atom stereocenters. The third-order valence-corrected chi connectivity index (χ3v) is 3.43. The molecule has 2 N–H and O–H groups in total. The van der Waals surface area contributed by atoms with Gasteiger partial charge in [-0.15, -0.1) is 24.0 Å². The van der Waals surface area contributed by atoms with E-state index in [2.05, 4.69) is 31.4 Å². The van der Waals surface area contributed by atoms with Crippen LogP contribution in [-0.4, -0.2) is 34.6 Å². The van der Waals surface area contributed by atoms with E-state index in [1.165, 1.54) is 18.7 Å². The van der Waals surface area contributed by atoms with E-state index < -0.39 is 0 Å². The van der Waals surface area contributed by atoms with Crippen LogP contribution in [-0.2, 0) is 13.0 Å². The van der Waals surface area contributed by atoms with E-state index in [-0.39, 0.29) is 24.0 Å². The van der Waals surface area contributed by atoms with Crippen molar-refractivity contribution in [2.75, 3.05) is 7.05 Å². The molecule has 1 fully saturated rings. The summed E-state index contributed by atoms with van der Waals surface area (Å²) in [6.45, 7) is 1.05. The van der Waals surface area contributed by atoms with Crippen molar-refractivity contribution < 1.29 is 0 Å². The molecule has 1 aliphatic heterocycles. The van der Waals surface area contributed by atoms with Gasteiger partial charge in [0.05, 0.1) is 0 Å². The maximum atomic E-state index is 4.38. The quantitative estimate of drug-likeness (QED) is 0.472. The third-order valence-electron chi connectivity index (χ3n) is 3.43. The van der Waals surface area contributed by atoms with Crippen LogP contribution >= 0.6 is 24.0 Å². The number of hydrogen-bond donors (Lipinski definition) is 2. The molecule has 0 radical (unpaired) electrons. The molecule has 1 aromatic heterocycles. The first-order valence-corrected chi connectivity index (χ1v) is 6.35. The van der Waals surface area contributed by atoms with Crippen molar-refractivity contribution in [1.82, 2.24) is 20.2 Å². The Bertz CT molecular complexity index is 424. The zero-order chi connectivity index (χ0) is 11.7. The second kappa shape index (κ2) is 5.90. The largest absolute Gasteiger partial charge is 0.354 e. The lowest BCUT2D eigenvalue weighted by Gasteiger charge is -2.26. The Morgan fingerprint density at radius 1 is 1.33 bits per heavy atom. The van der Waals surface area contributed by atoms with Crippen molar-refractivity contribution in [1.29, 1.82) is 0 Å². The summed E-state index contributed by atoms with van der Waals surface area (Å²) in [4.78, 5) is 8.65. The average molecular weight is 361 g/mol. The molecule has 18 heavy (non-hydrogen) atoms. The van der Waals surface area contributed by atoms with Crippen molar-refractivity contribution in [2.45, 2.75) is 44.3 Å². The predicted molar refractivity (Wildman–Crippen MR) is 82.4 cm³/mol. The summed E-state index contributed by atoms with van der Waals surface area (Å²) in [5.41, 5.74) is 0. The van der Waals surface area contributed by atoms with Gasteiger partial charge in [-0.2, -0.15) is 0 Å². The zero-order valence-corrected chi connectivity index (χ0v) is 12.9. The second-order valence-corrected chi connectivity index (χ2v) is 4.86. The molecule has 1 atom stereocenters. The summed E-state index contributed by atoms with van der Waals surface area (Å²) < 4.78 is 2.23. The van der Waals surface area contributed by atoms with Gasteiger partial charge in [0.25, 0.3) is 0 Å². The number of hydrogen-bond acceptors (Lipinski definition) is 2. The normalized spacial score (nSPS) is 22.9. The van der Waals surface area contributed by atoms with Gasteiger partial charge in [-0.05, 0) is 19.3 Å². The van der Waals surface area contributed by atoms with Crippen LogP contribution in [0.4, 0.5) is 0 Å². The molecule has 1 aliphatic carbocycles. The van der Waals surface area contributed by atoms with Crippen LogP contribution in [0.25, 0.3) is 0 Å². The van der Waals surface area contributed by atoms with Crippen molar-refractivity contribution in [3.05, 3.63) is 18.2 Å². The standard InChI is InChI=1S/C12H19N5.HI/c1-13-12(15-9-2-3-9)16-10-4-6-17-7-5-14-11(17)8-10;/h5,7,9-10H,2-4,6,8H2,1H3,(H2,13,15,16);1H. The van der Waals surface area contributed by atoms with Gasteiger partial charge < -0.3 is 15.2 Å². The van der Waals surface area contributed by atoms with Gasteiger partial charge >= 0.3 is 0 Å². The lowest BCUT2D eigenvalue weighted by Crippen LogP contribution is -2.47. The molecule has 2 aliphatic rings. The van der Waals surface area contributed by atoms with E-state index in [9.17, 15) is 0 Å². The summed E-state index contributed by atoms with van der Waals surface area (Å²) in [7, 11) is 1.83. The highest BCUT2D eigenvalue weighted by atomic mass is 127. The smallest absolute Gasteiger partial charge is 0.191 e. The molecule has 100 valence electrons. The van der Waals surface area contributed by atoms with Gasteiger partial charge in [0, 0.05) is 44.5 Å². The number of imidazole rings is 1. The third kappa shape index (κ3) is 3.15. The Labute approximate surface area is 124 Å². The lowest BCUT2D eigenvalue weighted by molar-refractivity contribution is 0.431. The fraction of sp³-hybridized carbons (Fsp3) is 0.667. The second-order valence-electron chi connectivity index (χ2n) is 4.86. The van der Waals surface area contributed by atoms with Crippen LogP contribution < -0.4 is 10.6 Å². The number of nitrogens with zero attached hydrogens (tertiary/aromatic N) is 3. The van der Waals surface area contributed by atoms with E-state index in [1.807, 2.05) is 13.2 Å². The van der Waals surface area contributed by atoms with Gasteiger partial charge in [0.1, 0.15) is 5.82 Å². The molecule has 3 rings (SSSR count). The average Bonchev–Trinajstić information content (AvgIpc) is 3.04. The van der Waals surface area contributed by atoms with Crippen LogP contribution in [0, 0.1) is 0 Å². The van der Waals surface area contributed by atoms with Crippen LogP contribution in [0.15, 0.2) is 17.4 Å². The highest BCUT2D eigenvalue weighted by Crippen LogP contribution is 2.18. The molecule has 0 amide bonds. The summed E-state index contributed by atoms with van der Waals surface area (Å²) in [6.07, 6.45) is 8.61. The van der Waals surface area contributed by atoms with E-state index in [0.717, 1.165) is 25.3 Å². The maximum absolute atomic E-state index is 4.38. The SMILES string of the molecule is CN=C(NC1CC1)NC1CCn2ccnc2C1.I. The summed E-state index contributed by atoms with van der Waals surface area (Å²) >= 11 is 0. The molecule has 1 aromatic rings. The molecule has 2 heterocycles. The van der Waals surface area contributed by atoms with E-state index in [0.29, 0.717) is 12.1 Å². The minimum atomic E-state index is 0. The molecule has 1 saturated carbocycles. The lowest BCUT2D eigenvalue weighted by atomic mass is 10.1. The van der Waals surface area contributed by atoms with Crippen LogP contribution in [0.1, 0.15) is 25.1 Å². The molecule has 5 nitrogen and oxygen atoms in total. The number of halogens is 1. The minimum Gasteiger partial charge on any atom is -0.354 e. The van der Waals surface area contributed by atoms with Crippen molar-refractivity contribution >= 4 is 29.9 Å². The summed E-state index contributed by atoms with van der Waals surface area (Å²) in [6, 6.07) is 1.10. The van der Waals surface area contributed by atoms with Crippen LogP contribution in [0.5, 0.6) is 0 Å². The van der Waals surface area contributed by atoms with Gasteiger partial charge in [0.15, 0.2) is 5.96 Å². The summed E-state index contributed by atoms with van der Waals surface area (Å²) in [5, 5.41) is 6.91. The molecule has 0 aromatic carbocycles. The highest BCUT2D eigenvalue weighted by molar-refractivity contribution is 14.0. The topological polar surface area (TPSA) is 54.2 Å². The number of guanidine groups is 1. The Balaban J connectivity index is 0.00000120. The van der Waals surface area contributed by atoms with Crippen molar-refractivity contribution in [2.24, 2.45) is 4.99 Å². The molecule has 0 saturated heterocycles. The van der Waals surface area contributed by atoms with E-state index in [4.69, 9.17) is 0 Å². The first-order chi connectivity index (χ1) is 8.35. The fourth-order valence-electron chi connectivity index (χ4n) is 2.26. The number of nitrogens with one attached hydrogen (secondary N) is 2. The number of aryl methyl sites for hydroxylation is 1. The Kier molecular flexibility index (Phi) is 4.47. The minimum absolute atomic E-state index is 0. The molecule has 0 bridgehead atoms.